The van der Waals surface area contributed by atoms with Crippen LogP contribution in [-0.2, 0) is 7.05 Å². The standard InChI is InChI=1S/C26H26FN3O4/c1-15(10-16(2)29-26(32)33)14-34-24-12-23-21(11-20(24)17-4-6-18(27)7-5-17)19-8-9-28-13-22(19)25(31)30(23)3/h4-9,11-13,15-16,29H,10,14H2,1-3H3,(H,32,33). The highest BCUT2D eigenvalue weighted by atomic mass is 19.1. The second kappa shape index (κ2) is 9.51. The van der Waals surface area contributed by atoms with Crippen LogP contribution in [0.3, 0.4) is 0 Å². The van der Waals surface area contributed by atoms with E-state index in [9.17, 15) is 14.0 Å². The molecule has 0 saturated carbocycles. The van der Waals surface area contributed by atoms with Gasteiger partial charge in [0, 0.05) is 42.5 Å². The number of halogens is 1. The minimum atomic E-state index is -1.06. The lowest BCUT2D eigenvalue weighted by molar-refractivity contribution is 0.185. The van der Waals surface area contributed by atoms with E-state index in [0.717, 1.165) is 21.9 Å². The first-order chi connectivity index (χ1) is 16.2. The zero-order valence-electron chi connectivity index (χ0n) is 19.2. The number of carboxylic acid groups (broad SMARTS) is 1. The van der Waals surface area contributed by atoms with Gasteiger partial charge in [0.2, 0.25) is 0 Å². The molecule has 4 aromatic rings. The molecule has 2 aromatic carbocycles. The fourth-order valence-electron chi connectivity index (χ4n) is 4.30. The van der Waals surface area contributed by atoms with Crippen LogP contribution in [0.15, 0.2) is 59.7 Å². The minimum Gasteiger partial charge on any atom is -0.493 e. The normalized spacial score (nSPS) is 13.1. The molecule has 0 bridgehead atoms. The summed E-state index contributed by atoms with van der Waals surface area (Å²) in [6.07, 6.45) is 2.75. The number of aryl methyl sites for hydroxylation is 1. The Morgan fingerprint density at radius 1 is 1.15 bits per heavy atom. The third-order valence-electron chi connectivity index (χ3n) is 5.91. The van der Waals surface area contributed by atoms with Crippen molar-refractivity contribution in [3.63, 3.8) is 0 Å². The Hall–Kier alpha value is -3.94. The summed E-state index contributed by atoms with van der Waals surface area (Å²) >= 11 is 0. The molecule has 0 fully saturated rings. The van der Waals surface area contributed by atoms with E-state index in [1.165, 1.54) is 12.1 Å². The molecule has 0 radical (unpaired) electrons. The molecule has 1 amide bonds. The SMILES string of the molecule is CC(COc1cc2c(cc1-c1ccc(F)cc1)c1ccncc1c(=O)n2C)CC(C)NC(=O)O. The predicted molar refractivity (Wildman–Crippen MR) is 130 cm³/mol. The van der Waals surface area contributed by atoms with Gasteiger partial charge in [-0.25, -0.2) is 9.18 Å². The van der Waals surface area contributed by atoms with Crippen LogP contribution in [0.4, 0.5) is 9.18 Å². The highest BCUT2D eigenvalue weighted by Crippen LogP contribution is 2.36. The molecule has 2 unspecified atom stereocenters. The Morgan fingerprint density at radius 2 is 1.88 bits per heavy atom. The Morgan fingerprint density at radius 3 is 2.59 bits per heavy atom. The van der Waals surface area contributed by atoms with Crippen molar-refractivity contribution in [2.24, 2.45) is 13.0 Å². The van der Waals surface area contributed by atoms with Crippen LogP contribution in [0.25, 0.3) is 32.8 Å². The van der Waals surface area contributed by atoms with Gasteiger partial charge in [-0.05, 0) is 54.5 Å². The van der Waals surface area contributed by atoms with E-state index in [-0.39, 0.29) is 23.3 Å². The van der Waals surface area contributed by atoms with Gasteiger partial charge in [-0.3, -0.25) is 9.78 Å². The van der Waals surface area contributed by atoms with Gasteiger partial charge in [-0.1, -0.05) is 19.1 Å². The summed E-state index contributed by atoms with van der Waals surface area (Å²) in [5, 5.41) is 13.5. The molecule has 2 aromatic heterocycles. The first-order valence-electron chi connectivity index (χ1n) is 11.0. The zero-order chi connectivity index (χ0) is 24.4. The number of hydrogen-bond acceptors (Lipinski definition) is 4. The van der Waals surface area contributed by atoms with Gasteiger partial charge >= 0.3 is 6.09 Å². The Kier molecular flexibility index (Phi) is 6.49. The molecule has 2 heterocycles. The molecule has 0 spiro atoms. The third-order valence-corrected chi connectivity index (χ3v) is 5.91. The van der Waals surface area contributed by atoms with Gasteiger partial charge in [0.25, 0.3) is 5.56 Å². The Labute approximate surface area is 195 Å². The number of nitrogens with zero attached hydrogens (tertiary/aromatic N) is 2. The lowest BCUT2D eigenvalue weighted by atomic mass is 9.99. The average Bonchev–Trinajstić information content (AvgIpc) is 2.80. The lowest BCUT2D eigenvalue weighted by Crippen LogP contribution is -2.33. The maximum Gasteiger partial charge on any atom is 0.404 e. The number of amides is 1. The van der Waals surface area contributed by atoms with Gasteiger partial charge < -0.3 is 19.7 Å². The second-order valence-corrected chi connectivity index (χ2v) is 8.66. The van der Waals surface area contributed by atoms with E-state index < -0.39 is 6.09 Å². The fourth-order valence-corrected chi connectivity index (χ4v) is 4.30. The number of benzene rings is 2. The highest BCUT2D eigenvalue weighted by Gasteiger charge is 2.17. The van der Waals surface area contributed by atoms with E-state index in [4.69, 9.17) is 9.84 Å². The number of rotatable bonds is 7. The number of hydrogen-bond donors (Lipinski definition) is 2. The molecular formula is C26H26FN3O4. The third kappa shape index (κ3) is 4.71. The summed E-state index contributed by atoms with van der Waals surface area (Å²) in [5.41, 5.74) is 2.10. The second-order valence-electron chi connectivity index (χ2n) is 8.66. The molecule has 0 aliphatic heterocycles. The van der Waals surface area contributed by atoms with Crippen molar-refractivity contribution in [2.45, 2.75) is 26.3 Å². The average molecular weight is 464 g/mol. The molecule has 0 aliphatic carbocycles. The summed E-state index contributed by atoms with van der Waals surface area (Å²) in [5.74, 6) is 0.290. The molecule has 0 aliphatic rings. The van der Waals surface area contributed by atoms with Gasteiger partial charge in [-0.2, -0.15) is 0 Å². The van der Waals surface area contributed by atoms with Crippen molar-refractivity contribution in [3.05, 3.63) is 71.0 Å². The minimum absolute atomic E-state index is 0.0603. The molecule has 7 nitrogen and oxygen atoms in total. The van der Waals surface area contributed by atoms with E-state index in [1.807, 2.05) is 25.1 Å². The van der Waals surface area contributed by atoms with Crippen LogP contribution in [0.2, 0.25) is 0 Å². The summed E-state index contributed by atoms with van der Waals surface area (Å²) in [7, 11) is 1.71. The molecule has 176 valence electrons. The van der Waals surface area contributed by atoms with Gasteiger partial charge in [0.05, 0.1) is 17.5 Å². The molecule has 2 atom stereocenters. The number of ether oxygens (including phenoxy) is 1. The first-order valence-corrected chi connectivity index (χ1v) is 11.0. The van der Waals surface area contributed by atoms with Crippen molar-refractivity contribution in [1.82, 2.24) is 14.9 Å². The van der Waals surface area contributed by atoms with Crippen LogP contribution in [0, 0.1) is 11.7 Å². The summed E-state index contributed by atoms with van der Waals surface area (Å²) < 4.78 is 21.4. The quantitative estimate of drug-likeness (QED) is 0.378. The Bertz CT molecular complexity index is 1420. The maximum absolute atomic E-state index is 13.6. The topological polar surface area (TPSA) is 93.5 Å². The maximum atomic E-state index is 13.6. The van der Waals surface area contributed by atoms with Crippen molar-refractivity contribution < 1.29 is 19.0 Å². The lowest BCUT2D eigenvalue weighted by Gasteiger charge is -2.20. The number of nitrogens with one attached hydrogen (secondary N) is 1. The van der Waals surface area contributed by atoms with Gasteiger partial charge in [-0.15, -0.1) is 0 Å². The molecule has 0 saturated heterocycles. The van der Waals surface area contributed by atoms with Crippen molar-refractivity contribution in [2.75, 3.05) is 6.61 Å². The highest BCUT2D eigenvalue weighted by molar-refractivity contribution is 6.07. The van der Waals surface area contributed by atoms with Crippen LogP contribution in [-0.4, -0.2) is 33.4 Å². The number of fused-ring (bicyclic) bond motifs is 3. The monoisotopic (exact) mass is 463 g/mol. The zero-order valence-corrected chi connectivity index (χ0v) is 19.2. The summed E-state index contributed by atoms with van der Waals surface area (Å²) in [6, 6.07) is 11.6. The number of pyridine rings is 2. The van der Waals surface area contributed by atoms with E-state index in [1.54, 1.807) is 43.1 Å². The largest absolute Gasteiger partial charge is 0.493 e. The van der Waals surface area contributed by atoms with E-state index >= 15 is 0 Å². The van der Waals surface area contributed by atoms with Gasteiger partial charge in [0.1, 0.15) is 11.6 Å². The van der Waals surface area contributed by atoms with Crippen LogP contribution in [0.1, 0.15) is 20.3 Å². The van der Waals surface area contributed by atoms with Crippen LogP contribution in [0.5, 0.6) is 5.75 Å². The smallest absolute Gasteiger partial charge is 0.404 e. The number of aromatic nitrogens is 2. The van der Waals surface area contributed by atoms with Crippen molar-refractivity contribution in [3.8, 4) is 16.9 Å². The molecule has 2 N–H and O–H groups in total. The van der Waals surface area contributed by atoms with E-state index in [2.05, 4.69) is 10.3 Å². The predicted octanol–water partition coefficient (Wildman–Crippen LogP) is 4.95. The van der Waals surface area contributed by atoms with Crippen molar-refractivity contribution >= 4 is 27.8 Å². The molecule has 34 heavy (non-hydrogen) atoms. The summed E-state index contributed by atoms with van der Waals surface area (Å²) in [4.78, 5) is 27.9. The number of carbonyl (C=O) groups is 1. The van der Waals surface area contributed by atoms with Gasteiger partial charge in [0.15, 0.2) is 0 Å². The fraction of sp³-hybridized carbons (Fsp3) is 0.269. The summed E-state index contributed by atoms with van der Waals surface area (Å²) in [6.45, 7) is 4.13. The van der Waals surface area contributed by atoms with E-state index in [0.29, 0.717) is 29.7 Å². The van der Waals surface area contributed by atoms with Crippen LogP contribution >= 0.6 is 0 Å². The molecule has 4 rings (SSSR count). The molecular weight excluding hydrogens is 437 g/mol. The van der Waals surface area contributed by atoms with Crippen LogP contribution < -0.4 is 15.6 Å². The first kappa shape index (κ1) is 23.2. The molecule has 8 heteroatoms. The Balaban J connectivity index is 1.79. The van der Waals surface area contributed by atoms with Crippen molar-refractivity contribution in [1.29, 1.82) is 0 Å².